The van der Waals surface area contributed by atoms with Gasteiger partial charge in [0.2, 0.25) is 10.0 Å². The molecule has 9 heteroatoms. The van der Waals surface area contributed by atoms with Crippen LogP contribution in [0.4, 0.5) is 0 Å². The van der Waals surface area contributed by atoms with E-state index in [0.717, 1.165) is 0 Å². The number of sulfonamides is 1. The number of halogens is 2. The predicted molar refractivity (Wildman–Crippen MR) is 94.8 cm³/mol. The number of carbonyl (C=O) groups is 1. The first kappa shape index (κ1) is 19.5. The molecule has 0 heterocycles. The molecule has 0 aromatic heterocycles. The number of carbonyl (C=O) groups excluding carboxylic acids is 1. The fraction of sp³-hybridized carbons (Fsp3) is 0.188. The molecule has 2 rings (SSSR count). The highest BCUT2D eigenvalue weighted by Crippen LogP contribution is 2.29. The van der Waals surface area contributed by atoms with Crippen molar-refractivity contribution in [2.24, 2.45) is 0 Å². The normalized spacial score (nSPS) is 11.2. The molecule has 0 amide bonds. The van der Waals surface area contributed by atoms with Crippen molar-refractivity contribution in [2.75, 3.05) is 14.2 Å². The van der Waals surface area contributed by atoms with Crippen molar-refractivity contribution >= 4 is 39.2 Å². The van der Waals surface area contributed by atoms with Crippen LogP contribution in [0.3, 0.4) is 0 Å². The smallest absolute Gasteiger partial charge is 0.341 e. The van der Waals surface area contributed by atoms with Crippen molar-refractivity contribution in [3.8, 4) is 5.75 Å². The molecule has 0 fully saturated rings. The maximum Gasteiger partial charge on any atom is 0.341 e. The van der Waals surface area contributed by atoms with E-state index in [-0.39, 0.29) is 27.0 Å². The Bertz CT molecular complexity index is 899. The second-order valence-electron chi connectivity index (χ2n) is 4.90. The van der Waals surface area contributed by atoms with Gasteiger partial charge in [0.25, 0.3) is 0 Å². The standard InChI is InChI=1S/C16H15Cl2NO5S/c1-23-13-7-6-10(8-11(13)16(20)24-2)9-19-25(21,22)14-5-3-4-12(17)15(14)18/h3-8,19H,9H2,1-2H3. The van der Waals surface area contributed by atoms with Crippen LogP contribution in [0.1, 0.15) is 15.9 Å². The topological polar surface area (TPSA) is 81.7 Å². The number of rotatable bonds is 6. The van der Waals surface area contributed by atoms with Crippen LogP contribution < -0.4 is 9.46 Å². The molecule has 0 unspecified atom stereocenters. The molecule has 0 radical (unpaired) electrons. The van der Waals surface area contributed by atoms with Gasteiger partial charge in [-0.05, 0) is 29.8 Å². The number of benzene rings is 2. The summed E-state index contributed by atoms with van der Waals surface area (Å²) >= 11 is 11.8. The first-order valence-corrected chi connectivity index (χ1v) is 9.23. The van der Waals surface area contributed by atoms with E-state index in [9.17, 15) is 13.2 Å². The van der Waals surface area contributed by atoms with Gasteiger partial charge >= 0.3 is 5.97 Å². The lowest BCUT2D eigenvalue weighted by Crippen LogP contribution is -2.23. The molecule has 0 saturated heterocycles. The molecule has 6 nitrogen and oxygen atoms in total. The van der Waals surface area contributed by atoms with Crippen molar-refractivity contribution in [3.05, 3.63) is 57.6 Å². The van der Waals surface area contributed by atoms with E-state index in [1.165, 1.54) is 38.5 Å². The highest BCUT2D eigenvalue weighted by atomic mass is 35.5. The summed E-state index contributed by atoms with van der Waals surface area (Å²) in [5.74, 6) is -0.254. The van der Waals surface area contributed by atoms with Gasteiger partial charge in [0, 0.05) is 6.54 Å². The van der Waals surface area contributed by atoms with E-state index in [1.807, 2.05) is 0 Å². The second kappa shape index (κ2) is 8.05. The summed E-state index contributed by atoms with van der Waals surface area (Å²) in [6.07, 6.45) is 0. The molecule has 0 spiro atoms. The van der Waals surface area contributed by atoms with Crippen LogP contribution in [0.15, 0.2) is 41.3 Å². The van der Waals surface area contributed by atoms with Crippen LogP contribution in [0.25, 0.3) is 0 Å². The monoisotopic (exact) mass is 403 g/mol. The Morgan fingerprint density at radius 2 is 1.88 bits per heavy atom. The number of hydrogen-bond donors (Lipinski definition) is 1. The summed E-state index contributed by atoms with van der Waals surface area (Å²) in [4.78, 5) is 11.7. The van der Waals surface area contributed by atoms with Crippen LogP contribution in [-0.4, -0.2) is 28.6 Å². The quantitative estimate of drug-likeness (QED) is 0.748. The summed E-state index contributed by atoms with van der Waals surface area (Å²) in [5, 5.41) is 0.0867. The maximum absolute atomic E-state index is 12.4. The van der Waals surface area contributed by atoms with E-state index in [2.05, 4.69) is 9.46 Å². The molecule has 0 saturated carbocycles. The third-order valence-corrected chi connectivity index (χ3v) is 5.72. The largest absolute Gasteiger partial charge is 0.496 e. The average molecular weight is 404 g/mol. The number of nitrogens with one attached hydrogen (secondary N) is 1. The van der Waals surface area contributed by atoms with Crippen LogP contribution in [0.2, 0.25) is 10.0 Å². The summed E-state index contributed by atoms with van der Waals surface area (Å²) in [6.45, 7) is -0.0564. The predicted octanol–water partition coefficient (Wildman–Crippen LogP) is 3.27. The van der Waals surface area contributed by atoms with E-state index >= 15 is 0 Å². The summed E-state index contributed by atoms with van der Waals surface area (Å²) in [7, 11) is -1.21. The zero-order valence-electron chi connectivity index (χ0n) is 13.4. The zero-order valence-corrected chi connectivity index (χ0v) is 15.7. The van der Waals surface area contributed by atoms with Gasteiger partial charge in [-0.1, -0.05) is 35.3 Å². The zero-order chi connectivity index (χ0) is 18.6. The summed E-state index contributed by atoms with van der Waals surface area (Å²) in [5.41, 5.74) is 0.741. The lowest BCUT2D eigenvalue weighted by Gasteiger charge is -2.11. The van der Waals surface area contributed by atoms with Crippen LogP contribution in [0, 0.1) is 0 Å². The Kier molecular flexibility index (Phi) is 6.29. The molecule has 2 aromatic rings. The Balaban J connectivity index is 2.26. The number of ether oxygens (including phenoxy) is 2. The third kappa shape index (κ3) is 4.43. The maximum atomic E-state index is 12.4. The Hall–Kier alpha value is -1.80. The molecule has 2 aromatic carbocycles. The lowest BCUT2D eigenvalue weighted by molar-refractivity contribution is 0.0597. The minimum absolute atomic E-state index is 0.0540. The van der Waals surface area contributed by atoms with Gasteiger partial charge in [0.05, 0.1) is 24.3 Å². The first-order valence-electron chi connectivity index (χ1n) is 6.99. The number of hydrogen-bond acceptors (Lipinski definition) is 5. The molecule has 1 N–H and O–H groups in total. The van der Waals surface area contributed by atoms with Gasteiger partial charge in [-0.3, -0.25) is 0 Å². The van der Waals surface area contributed by atoms with Gasteiger partial charge in [-0.15, -0.1) is 0 Å². The Morgan fingerprint density at radius 1 is 1.16 bits per heavy atom. The number of methoxy groups -OCH3 is 2. The molecule has 0 atom stereocenters. The molecular weight excluding hydrogens is 389 g/mol. The number of esters is 1. The van der Waals surface area contributed by atoms with Gasteiger partial charge in [-0.2, -0.15) is 0 Å². The fourth-order valence-electron chi connectivity index (χ4n) is 2.08. The van der Waals surface area contributed by atoms with Crippen molar-refractivity contribution in [3.63, 3.8) is 0 Å². The molecular formula is C16H15Cl2NO5S. The highest BCUT2D eigenvalue weighted by molar-refractivity contribution is 7.89. The van der Waals surface area contributed by atoms with Crippen LogP contribution in [0.5, 0.6) is 5.75 Å². The third-order valence-electron chi connectivity index (χ3n) is 3.34. The summed E-state index contributed by atoms with van der Waals surface area (Å²) in [6, 6.07) is 9.02. The van der Waals surface area contributed by atoms with Gasteiger partial charge in [-0.25, -0.2) is 17.9 Å². The van der Waals surface area contributed by atoms with E-state index in [4.69, 9.17) is 27.9 Å². The van der Waals surface area contributed by atoms with E-state index in [0.29, 0.717) is 11.3 Å². The van der Waals surface area contributed by atoms with Crippen molar-refractivity contribution < 1.29 is 22.7 Å². The fourth-order valence-corrected chi connectivity index (χ4v) is 3.86. The minimum atomic E-state index is -3.88. The molecule has 134 valence electrons. The summed E-state index contributed by atoms with van der Waals surface area (Å²) < 4.78 is 37.0. The van der Waals surface area contributed by atoms with E-state index < -0.39 is 16.0 Å². The van der Waals surface area contributed by atoms with Gasteiger partial charge in [0.1, 0.15) is 16.2 Å². The molecule has 0 bridgehead atoms. The Morgan fingerprint density at radius 3 is 2.52 bits per heavy atom. The lowest BCUT2D eigenvalue weighted by atomic mass is 10.1. The van der Waals surface area contributed by atoms with Crippen molar-refractivity contribution in [1.82, 2.24) is 4.72 Å². The average Bonchev–Trinajstić information content (AvgIpc) is 2.61. The molecule has 0 aliphatic heterocycles. The second-order valence-corrected chi connectivity index (χ2v) is 7.42. The molecule has 0 aliphatic carbocycles. The van der Waals surface area contributed by atoms with Crippen molar-refractivity contribution in [2.45, 2.75) is 11.4 Å². The Labute approximate surface area is 155 Å². The molecule has 0 aliphatic rings. The van der Waals surface area contributed by atoms with Gasteiger partial charge < -0.3 is 9.47 Å². The van der Waals surface area contributed by atoms with Gasteiger partial charge in [0.15, 0.2) is 0 Å². The molecule has 25 heavy (non-hydrogen) atoms. The van der Waals surface area contributed by atoms with Crippen molar-refractivity contribution in [1.29, 1.82) is 0 Å². The highest BCUT2D eigenvalue weighted by Gasteiger charge is 2.20. The van der Waals surface area contributed by atoms with E-state index in [1.54, 1.807) is 12.1 Å². The van der Waals surface area contributed by atoms with Crippen LogP contribution in [-0.2, 0) is 21.3 Å². The minimum Gasteiger partial charge on any atom is -0.496 e. The first-order chi connectivity index (χ1) is 11.8. The SMILES string of the molecule is COC(=O)c1cc(CNS(=O)(=O)c2cccc(Cl)c2Cl)ccc1OC. The van der Waals surface area contributed by atoms with Crippen LogP contribution >= 0.6 is 23.2 Å².